The Hall–Kier alpha value is -0.580. The van der Waals surface area contributed by atoms with Gasteiger partial charge in [0.05, 0.1) is 6.10 Å². The third kappa shape index (κ3) is 3.46. The minimum Gasteiger partial charge on any atom is -0.388 e. The maximum atomic E-state index is 10.2. The molecule has 0 spiro atoms. The largest absolute Gasteiger partial charge is 0.388 e. The summed E-state index contributed by atoms with van der Waals surface area (Å²) in [7, 11) is 0. The second-order valence-corrected chi connectivity index (χ2v) is 6.02. The van der Waals surface area contributed by atoms with Crippen LogP contribution in [0.3, 0.4) is 0 Å². The van der Waals surface area contributed by atoms with E-state index < -0.39 is 6.10 Å². The molecule has 0 heterocycles. The summed E-state index contributed by atoms with van der Waals surface area (Å²) < 4.78 is 1.16. The first kappa shape index (κ1) is 13.8. The van der Waals surface area contributed by atoms with Crippen LogP contribution in [0.15, 0.2) is 42.5 Å². The predicted molar refractivity (Wildman–Crippen MR) is 84.0 cm³/mol. The van der Waals surface area contributed by atoms with Gasteiger partial charge in [0.1, 0.15) is 0 Å². The van der Waals surface area contributed by atoms with E-state index in [0.29, 0.717) is 6.42 Å². The lowest BCUT2D eigenvalue weighted by Crippen LogP contribution is -2.02. The zero-order valence-corrected chi connectivity index (χ0v) is 12.9. The summed E-state index contributed by atoms with van der Waals surface area (Å²) in [6, 6.07) is 13.8. The topological polar surface area (TPSA) is 20.2 Å². The molecule has 0 aliphatic heterocycles. The van der Waals surface area contributed by atoms with Crippen molar-refractivity contribution in [2.24, 2.45) is 0 Å². The third-order valence-electron chi connectivity index (χ3n) is 2.88. The Bertz CT molecular complexity index is 537. The molecule has 0 saturated carbocycles. The zero-order chi connectivity index (χ0) is 13.1. The average Bonchev–Trinajstić information content (AvgIpc) is 2.33. The standard InChI is InChI=1S/C15H14ClIO/c1-10-2-3-12(14(16)8-10)9-15(18)11-4-6-13(17)7-5-11/h2-8,15,18H,9H2,1H3. The molecule has 18 heavy (non-hydrogen) atoms. The Morgan fingerprint density at radius 3 is 2.44 bits per heavy atom. The van der Waals surface area contributed by atoms with Crippen LogP contribution in [0.25, 0.3) is 0 Å². The molecular formula is C15H14ClIO. The summed E-state index contributed by atoms with van der Waals surface area (Å²) in [6.07, 6.45) is 0.0295. The van der Waals surface area contributed by atoms with Crippen LogP contribution in [0.4, 0.5) is 0 Å². The molecule has 2 rings (SSSR count). The molecule has 0 amide bonds. The van der Waals surface area contributed by atoms with Gasteiger partial charge in [0.15, 0.2) is 0 Å². The summed E-state index contributed by atoms with van der Waals surface area (Å²) in [5, 5.41) is 10.9. The molecule has 1 unspecified atom stereocenters. The molecule has 0 aromatic heterocycles. The molecule has 1 nitrogen and oxygen atoms in total. The number of aliphatic hydroxyl groups is 1. The SMILES string of the molecule is Cc1ccc(CC(O)c2ccc(I)cc2)c(Cl)c1. The molecule has 0 fully saturated rings. The number of hydrogen-bond donors (Lipinski definition) is 1. The van der Waals surface area contributed by atoms with Crippen molar-refractivity contribution in [2.75, 3.05) is 0 Å². The number of aryl methyl sites for hydroxylation is 1. The van der Waals surface area contributed by atoms with E-state index in [-0.39, 0.29) is 0 Å². The van der Waals surface area contributed by atoms with Crippen LogP contribution in [0.2, 0.25) is 5.02 Å². The van der Waals surface area contributed by atoms with E-state index in [1.807, 2.05) is 49.4 Å². The van der Waals surface area contributed by atoms with Gasteiger partial charge in [-0.05, 0) is 64.4 Å². The van der Waals surface area contributed by atoms with Crippen molar-refractivity contribution in [3.63, 3.8) is 0 Å². The van der Waals surface area contributed by atoms with Gasteiger partial charge in [-0.3, -0.25) is 0 Å². The summed E-state index contributed by atoms with van der Waals surface area (Å²) >= 11 is 8.42. The highest BCUT2D eigenvalue weighted by atomic mass is 127. The molecule has 0 aliphatic rings. The highest BCUT2D eigenvalue weighted by molar-refractivity contribution is 14.1. The molecule has 94 valence electrons. The number of rotatable bonds is 3. The normalized spacial score (nSPS) is 12.4. The first-order valence-corrected chi connectivity index (χ1v) is 7.20. The molecule has 2 aromatic rings. The van der Waals surface area contributed by atoms with Crippen LogP contribution in [0.1, 0.15) is 22.8 Å². The molecule has 1 atom stereocenters. The fourth-order valence-corrected chi connectivity index (χ4v) is 2.50. The lowest BCUT2D eigenvalue weighted by Gasteiger charge is -2.12. The van der Waals surface area contributed by atoms with E-state index in [0.717, 1.165) is 25.3 Å². The summed E-state index contributed by atoms with van der Waals surface area (Å²) in [4.78, 5) is 0. The smallest absolute Gasteiger partial charge is 0.0830 e. The van der Waals surface area contributed by atoms with Crippen LogP contribution in [0, 0.1) is 10.5 Å². The van der Waals surface area contributed by atoms with Crippen molar-refractivity contribution in [2.45, 2.75) is 19.4 Å². The molecule has 1 N–H and O–H groups in total. The van der Waals surface area contributed by atoms with E-state index >= 15 is 0 Å². The van der Waals surface area contributed by atoms with Crippen LogP contribution in [-0.2, 0) is 6.42 Å². The van der Waals surface area contributed by atoms with Crippen molar-refractivity contribution in [1.29, 1.82) is 0 Å². The van der Waals surface area contributed by atoms with Crippen LogP contribution in [0.5, 0.6) is 0 Å². The van der Waals surface area contributed by atoms with Crippen LogP contribution >= 0.6 is 34.2 Å². The van der Waals surface area contributed by atoms with E-state index in [1.54, 1.807) is 0 Å². The molecule has 0 aliphatic carbocycles. The average molecular weight is 373 g/mol. The van der Waals surface area contributed by atoms with Gasteiger partial charge in [0, 0.05) is 15.0 Å². The van der Waals surface area contributed by atoms with E-state index in [1.165, 1.54) is 0 Å². The highest BCUT2D eigenvalue weighted by Gasteiger charge is 2.10. The Morgan fingerprint density at radius 2 is 1.83 bits per heavy atom. The molecule has 2 aromatic carbocycles. The van der Waals surface area contributed by atoms with Crippen molar-refractivity contribution < 1.29 is 5.11 Å². The number of aliphatic hydroxyl groups excluding tert-OH is 1. The molecular weight excluding hydrogens is 359 g/mol. The van der Waals surface area contributed by atoms with E-state index in [9.17, 15) is 5.11 Å². The van der Waals surface area contributed by atoms with Crippen LogP contribution in [-0.4, -0.2) is 5.11 Å². The van der Waals surface area contributed by atoms with Gasteiger partial charge in [-0.15, -0.1) is 0 Å². The maximum absolute atomic E-state index is 10.2. The number of halogens is 2. The first-order valence-electron chi connectivity index (χ1n) is 5.75. The van der Waals surface area contributed by atoms with Gasteiger partial charge in [0.2, 0.25) is 0 Å². The zero-order valence-electron chi connectivity index (χ0n) is 10.0. The molecule has 0 saturated heterocycles. The second-order valence-electron chi connectivity index (χ2n) is 4.37. The van der Waals surface area contributed by atoms with Gasteiger partial charge < -0.3 is 5.11 Å². The number of hydrogen-bond acceptors (Lipinski definition) is 1. The fraction of sp³-hybridized carbons (Fsp3) is 0.200. The van der Waals surface area contributed by atoms with Gasteiger partial charge in [0.25, 0.3) is 0 Å². The third-order valence-corrected chi connectivity index (χ3v) is 3.95. The van der Waals surface area contributed by atoms with Gasteiger partial charge in [-0.2, -0.15) is 0 Å². The highest BCUT2D eigenvalue weighted by Crippen LogP contribution is 2.24. The van der Waals surface area contributed by atoms with Gasteiger partial charge in [-0.25, -0.2) is 0 Å². The summed E-state index contributed by atoms with van der Waals surface area (Å²) in [5.41, 5.74) is 3.04. The predicted octanol–water partition coefficient (Wildman–Crippen LogP) is 4.53. The Balaban J connectivity index is 2.15. The minimum atomic E-state index is -0.512. The lowest BCUT2D eigenvalue weighted by molar-refractivity contribution is 0.178. The Morgan fingerprint density at radius 1 is 1.17 bits per heavy atom. The molecule has 3 heteroatoms. The van der Waals surface area contributed by atoms with Crippen molar-refractivity contribution in [1.82, 2.24) is 0 Å². The van der Waals surface area contributed by atoms with E-state index in [4.69, 9.17) is 11.6 Å². The second kappa shape index (κ2) is 6.04. The maximum Gasteiger partial charge on any atom is 0.0830 e. The summed E-state index contributed by atoms with van der Waals surface area (Å²) in [5.74, 6) is 0. The summed E-state index contributed by atoms with van der Waals surface area (Å²) in [6.45, 7) is 2.01. The molecule has 0 bridgehead atoms. The van der Waals surface area contributed by atoms with Gasteiger partial charge >= 0.3 is 0 Å². The fourth-order valence-electron chi connectivity index (χ4n) is 1.83. The quantitative estimate of drug-likeness (QED) is 0.785. The first-order chi connectivity index (χ1) is 8.56. The lowest BCUT2D eigenvalue weighted by atomic mass is 10.0. The van der Waals surface area contributed by atoms with Crippen LogP contribution < -0.4 is 0 Å². The monoisotopic (exact) mass is 372 g/mol. The van der Waals surface area contributed by atoms with Crippen molar-refractivity contribution in [3.8, 4) is 0 Å². The van der Waals surface area contributed by atoms with Crippen molar-refractivity contribution in [3.05, 3.63) is 67.7 Å². The van der Waals surface area contributed by atoms with Crippen molar-refractivity contribution >= 4 is 34.2 Å². The van der Waals surface area contributed by atoms with Gasteiger partial charge in [-0.1, -0.05) is 35.9 Å². The Labute approximate surface area is 126 Å². The number of benzene rings is 2. The molecule has 0 radical (unpaired) electrons. The van der Waals surface area contributed by atoms with E-state index in [2.05, 4.69) is 22.6 Å². The Kier molecular flexibility index (Phi) is 4.65. The minimum absolute atomic E-state index is 0.512.